The van der Waals surface area contributed by atoms with Crippen LogP contribution in [0.2, 0.25) is 0 Å². The molecule has 10 nitrogen and oxygen atoms in total. The Bertz CT molecular complexity index is 1690. The summed E-state index contributed by atoms with van der Waals surface area (Å²) >= 11 is 0. The Morgan fingerprint density at radius 2 is 1.78 bits per heavy atom. The van der Waals surface area contributed by atoms with Gasteiger partial charge in [-0.15, -0.1) is 0 Å². The monoisotopic (exact) mass is 626 g/mol. The molecule has 238 valence electrons. The first-order valence-electron chi connectivity index (χ1n) is 14.6. The number of aromatic nitrogens is 2. The Balaban J connectivity index is 1.37. The summed E-state index contributed by atoms with van der Waals surface area (Å²) in [6.45, 7) is 1.56. The van der Waals surface area contributed by atoms with Gasteiger partial charge in [-0.25, -0.2) is 0 Å². The van der Waals surface area contributed by atoms with Crippen molar-refractivity contribution in [3.63, 3.8) is 0 Å². The largest absolute Gasteiger partial charge is 0.465 e. The fourth-order valence-electron chi connectivity index (χ4n) is 5.92. The highest BCUT2D eigenvalue weighted by Crippen LogP contribution is 2.44. The highest BCUT2D eigenvalue weighted by atomic mass is 19.4. The number of nitro groups is 1. The van der Waals surface area contributed by atoms with Crippen molar-refractivity contribution < 1.29 is 37.5 Å². The third-order valence-electron chi connectivity index (χ3n) is 8.25. The molecule has 1 atom stereocenters. The van der Waals surface area contributed by atoms with E-state index in [9.17, 15) is 38.0 Å². The summed E-state index contributed by atoms with van der Waals surface area (Å²) in [4.78, 5) is 37.3. The molecule has 1 aliphatic rings. The van der Waals surface area contributed by atoms with Crippen LogP contribution in [-0.2, 0) is 28.2 Å². The van der Waals surface area contributed by atoms with Crippen molar-refractivity contribution in [2.24, 2.45) is 5.92 Å². The minimum absolute atomic E-state index is 0.0370. The van der Waals surface area contributed by atoms with Gasteiger partial charge in [-0.1, -0.05) is 30.3 Å². The van der Waals surface area contributed by atoms with Crippen molar-refractivity contribution >= 4 is 28.3 Å². The molecule has 0 spiro atoms. The predicted molar refractivity (Wildman–Crippen MR) is 159 cm³/mol. The van der Waals surface area contributed by atoms with Gasteiger partial charge in [0.05, 0.1) is 17.0 Å². The van der Waals surface area contributed by atoms with E-state index in [2.05, 4.69) is 0 Å². The summed E-state index contributed by atoms with van der Waals surface area (Å²) in [7, 11) is 0. The highest BCUT2D eigenvalue weighted by molar-refractivity contribution is 5.97. The average Bonchev–Trinajstić information content (AvgIpc) is 3.62. The number of β-amino-alcohol motifs (C(OH)–C–C–N with tert-alkyl or cyclic N) is 1. The minimum atomic E-state index is -5.07. The normalized spacial score (nSPS) is 16.0. The number of aliphatic hydroxyl groups is 1. The van der Waals surface area contributed by atoms with Crippen molar-refractivity contribution in [1.82, 2.24) is 14.0 Å². The Kier molecular flexibility index (Phi) is 9.12. The van der Waals surface area contributed by atoms with Crippen molar-refractivity contribution in [1.29, 1.82) is 0 Å². The van der Waals surface area contributed by atoms with Crippen LogP contribution in [-0.4, -0.2) is 68.2 Å². The van der Waals surface area contributed by atoms with Crippen molar-refractivity contribution in [3.05, 3.63) is 100.0 Å². The zero-order valence-electron chi connectivity index (χ0n) is 24.6. The third kappa shape index (κ3) is 6.79. The lowest BCUT2D eigenvalue weighted by Gasteiger charge is -2.38. The number of Topliss-reactive ketones (excluding diaryl/α,β-unsaturated/α-hetero) is 1. The number of fused-ring (bicyclic) bond motifs is 1. The quantitative estimate of drug-likeness (QED) is 0.104. The first-order chi connectivity index (χ1) is 21.4. The van der Waals surface area contributed by atoms with Gasteiger partial charge in [-0.05, 0) is 50.6 Å². The number of nitrogens with zero attached hydrogens (tertiary/aromatic N) is 4. The molecule has 0 radical (unpaired) electrons. The van der Waals surface area contributed by atoms with Gasteiger partial charge in [0, 0.05) is 66.2 Å². The summed E-state index contributed by atoms with van der Waals surface area (Å²) in [5.41, 5.74) is -2.58. The van der Waals surface area contributed by atoms with Gasteiger partial charge >= 0.3 is 12.1 Å². The molecule has 2 aromatic heterocycles. The summed E-state index contributed by atoms with van der Waals surface area (Å²) in [6, 6.07) is 14.1. The van der Waals surface area contributed by atoms with Crippen LogP contribution in [0.25, 0.3) is 10.9 Å². The highest BCUT2D eigenvalue weighted by Gasteiger charge is 2.57. The number of halogens is 3. The number of benzene rings is 2. The summed E-state index contributed by atoms with van der Waals surface area (Å²) < 4.78 is 52.4. The molecule has 13 heteroatoms. The predicted octanol–water partition coefficient (Wildman–Crippen LogP) is 5.31. The number of carbonyl (C=O) groups is 2. The number of rotatable bonds is 11. The molecule has 1 N–H and O–H groups in total. The van der Waals surface area contributed by atoms with E-state index >= 15 is 0 Å². The number of hydrogen-bond donors (Lipinski definition) is 1. The number of carbonyl (C=O) groups excluding carboxylic acids is 2. The Hall–Kier alpha value is -4.49. The fraction of sp³-hybridized carbons (Fsp3) is 0.375. The van der Waals surface area contributed by atoms with Crippen molar-refractivity contribution in [3.8, 4) is 0 Å². The van der Waals surface area contributed by atoms with Gasteiger partial charge in [0.25, 0.3) is 5.69 Å². The molecule has 0 aliphatic carbocycles. The van der Waals surface area contributed by atoms with Gasteiger partial charge in [0.1, 0.15) is 6.54 Å². The smallest absolute Gasteiger partial charge is 0.422 e. The number of likely N-dealkylation sites (tertiary alicyclic amines) is 1. The number of esters is 1. The van der Waals surface area contributed by atoms with Gasteiger partial charge in [-0.2, -0.15) is 13.2 Å². The molecule has 0 saturated carbocycles. The van der Waals surface area contributed by atoms with Crippen LogP contribution < -0.4 is 0 Å². The molecule has 1 fully saturated rings. The lowest BCUT2D eigenvalue weighted by Crippen LogP contribution is -2.52. The molecule has 45 heavy (non-hydrogen) atoms. The van der Waals surface area contributed by atoms with E-state index in [1.807, 2.05) is 0 Å². The molecule has 2 aromatic carbocycles. The van der Waals surface area contributed by atoms with Gasteiger partial charge in [0.15, 0.2) is 5.78 Å². The number of piperidine rings is 1. The molecule has 1 unspecified atom stereocenters. The molecular weight excluding hydrogens is 593 g/mol. The second-order valence-corrected chi connectivity index (χ2v) is 11.3. The lowest BCUT2D eigenvalue weighted by atomic mass is 9.87. The molecule has 3 heterocycles. The molecule has 0 bridgehead atoms. The summed E-state index contributed by atoms with van der Waals surface area (Å²) in [5.74, 6) is -1.01. The summed E-state index contributed by atoms with van der Waals surface area (Å²) in [6.07, 6.45) is -0.105. The first-order valence-corrected chi connectivity index (χ1v) is 14.6. The molecular formula is C32H33F3N4O6. The zero-order chi connectivity index (χ0) is 32.4. The molecule has 4 aromatic rings. The number of ether oxygens (including phenoxy) is 1. The van der Waals surface area contributed by atoms with Crippen molar-refractivity contribution in [2.45, 2.75) is 44.6 Å². The standard InChI is InChI=1S/C32H33F3N4O6/c1-2-45-29(40)20-37-15-12-24(18-37)30(41)23-10-13-36(14-11-23)21-31(42,32(33,34)35)27-19-38(17-22-6-4-3-5-7-22)28-16-25(39(43)44)8-9-26(27)28/h3-9,12,15-16,18-19,23,42H,2,10-11,13-14,17,20-21H2,1H3. The van der Waals surface area contributed by atoms with Gasteiger partial charge in [-0.3, -0.25) is 24.6 Å². The van der Waals surface area contributed by atoms with E-state index in [1.165, 1.54) is 27.8 Å². The van der Waals surface area contributed by atoms with Gasteiger partial charge in [0.2, 0.25) is 5.60 Å². The number of non-ortho nitro benzene ring substituents is 1. The minimum Gasteiger partial charge on any atom is -0.465 e. The van der Waals surface area contributed by atoms with Crippen LogP contribution in [0.5, 0.6) is 0 Å². The average molecular weight is 627 g/mol. The number of alkyl halides is 3. The van der Waals surface area contributed by atoms with E-state index in [4.69, 9.17) is 4.74 Å². The maximum Gasteiger partial charge on any atom is 0.422 e. The van der Waals surface area contributed by atoms with E-state index in [-0.39, 0.29) is 68.0 Å². The Morgan fingerprint density at radius 3 is 2.42 bits per heavy atom. The first kappa shape index (κ1) is 31.9. The third-order valence-corrected chi connectivity index (χ3v) is 8.25. The molecule has 1 aliphatic heterocycles. The van der Waals surface area contributed by atoms with E-state index < -0.39 is 40.7 Å². The SMILES string of the molecule is CCOC(=O)Cn1ccc(C(=O)C2CCN(CC(O)(c3cn(Cc4ccccc4)c4cc([N+](=O)[O-])ccc34)C(F)(F)F)CC2)c1. The van der Waals surface area contributed by atoms with Crippen LogP contribution in [0, 0.1) is 16.0 Å². The topological polar surface area (TPSA) is 120 Å². The second-order valence-electron chi connectivity index (χ2n) is 11.3. The van der Waals surface area contributed by atoms with Crippen LogP contribution >= 0.6 is 0 Å². The molecule has 0 amide bonds. The van der Waals surface area contributed by atoms with E-state index in [0.717, 1.165) is 11.6 Å². The fourth-order valence-corrected chi connectivity index (χ4v) is 5.92. The molecule has 5 rings (SSSR count). The zero-order valence-corrected chi connectivity index (χ0v) is 24.6. The van der Waals surface area contributed by atoms with Crippen LogP contribution in [0.1, 0.15) is 41.3 Å². The second kappa shape index (κ2) is 12.9. The van der Waals surface area contributed by atoms with E-state index in [0.29, 0.717) is 5.56 Å². The Morgan fingerprint density at radius 1 is 1.07 bits per heavy atom. The van der Waals surface area contributed by atoms with Crippen LogP contribution in [0.3, 0.4) is 0 Å². The summed E-state index contributed by atoms with van der Waals surface area (Å²) in [5, 5.41) is 23.0. The van der Waals surface area contributed by atoms with Crippen LogP contribution in [0.15, 0.2) is 73.2 Å². The van der Waals surface area contributed by atoms with E-state index in [1.54, 1.807) is 60.3 Å². The van der Waals surface area contributed by atoms with Gasteiger partial charge < -0.3 is 19.0 Å². The molecule has 1 saturated heterocycles. The maximum atomic E-state index is 14.8. The Labute approximate surface area is 256 Å². The maximum absolute atomic E-state index is 14.8. The number of hydrogen-bond acceptors (Lipinski definition) is 7. The number of ketones is 1. The lowest BCUT2D eigenvalue weighted by molar-refractivity contribution is -0.384. The van der Waals surface area contributed by atoms with Crippen molar-refractivity contribution in [2.75, 3.05) is 26.2 Å². The van der Waals surface area contributed by atoms with Crippen LogP contribution in [0.4, 0.5) is 18.9 Å². The number of nitro benzene ring substituents is 1.